The van der Waals surface area contributed by atoms with Crippen molar-refractivity contribution in [1.29, 1.82) is 0 Å². The maximum absolute atomic E-state index is 11.7. The summed E-state index contributed by atoms with van der Waals surface area (Å²) < 4.78 is 5.64. The highest BCUT2D eigenvalue weighted by atomic mass is 16.5. The zero-order valence-corrected chi connectivity index (χ0v) is 14.5. The Bertz CT molecular complexity index is 648. The van der Waals surface area contributed by atoms with Gasteiger partial charge in [0.05, 0.1) is 0 Å². The molecule has 3 saturated carbocycles. The minimum Gasteiger partial charge on any atom is -0.462 e. The molecule has 4 aliphatic rings. The van der Waals surface area contributed by atoms with E-state index in [4.69, 9.17) is 4.74 Å². The molecule has 1 N–H and O–H groups in total. The third-order valence-electron chi connectivity index (χ3n) is 7.30. The summed E-state index contributed by atoms with van der Waals surface area (Å²) in [4.78, 5) is 23.1. The number of hydrogen-bond acceptors (Lipinski definition) is 4. The molecule has 6 atom stereocenters. The minimum atomic E-state index is -0.947. The molecule has 0 aromatic carbocycles. The van der Waals surface area contributed by atoms with Crippen LogP contribution in [0.5, 0.6) is 0 Å². The molecule has 1 unspecified atom stereocenters. The highest BCUT2D eigenvalue weighted by molar-refractivity contribution is 6.01. The predicted molar refractivity (Wildman–Crippen MR) is 89.0 cm³/mol. The third-order valence-corrected chi connectivity index (χ3v) is 7.30. The zero-order chi connectivity index (χ0) is 17.1. The Morgan fingerprint density at radius 3 is 2.79 bits per heavy atom. The van der Waals surface area contributed by atoms with Gasteiger partial charge in [-0.2, -0.15) is 0 Å². The molecule has 0 radical (unpaired) electrons. The monoisotopic (exact) mass is 330 g/mol. The molecule has 0 aromatic heterocycles. The van der Waals surface area contributed by atoms with Crippen LogP contribution in [0.1, 0.15) is 52.4 Å². The third kappa shape index (κ3) is 2.15. The van der Waals surface area contributed by atoms with Gasteiger partial charge >= 0.3 is 5.97 Å². The topological polar surface area (TPSA) is 63.6 Å². The van der Waals surface area contributed by atoms with E-state index in [0.29, 0.717) is 11.8 Å². The summed E-state index contributed by atoms with van der Waals surface area (Å²) in [6.07, 6.45) is 10.6. The number of fused-ring (bicyclic) bond motifs is 5. The molecular formula is C20H26O4. The van der Waals surface area contributed by atoms with E-state index in [2.05, 4.69) is 6.92 Å². The van der Waals surface area contributed by atoms with Crippen molar-refractivity contribution in [3.8, 4) is 0 Å². The maximum atomic E-state index is 11.7. The first-order chi connectivity index (χ1) is 11.3. The fourth-order valence-electron chi connectivity index (χ4n) is 6.19. The van der Waals surface area contributed by atoms with Crippen molar-refractivity contribution in [2.75, 3.05) is 0 Å². The molecule has 0 heterocycles. The molecule has 4 aliphatic carbocycles. The lowest BCUT2D eigenvalue weighted by Gasteiger charge is -2.55. The first-order valence-corrected chi connectivity index (χ1v) is 9.18. The highest BCUT2D eigenvalue weighted by Gasteiger charge is 2.60. The second-order valence-electron chi connectivity index (χ2n) is 8.37. The quantitative estimate of drug-likeness (QED) is 0.751. The molecule has 0 spiro atoms. The Balaban J connectivity index is 1.63. The number of rotatable bonds is 1. The van der Waals surface area contributed by atoms with Crippen LogP contribution < -0.4 is 0 Å². The van der Waals surface area contributed by atoms with Gasteiger partial charge in [-0.3, -0.25) is 9.59 Å². The van der Waals surface area contributed by atoms with Crippen LogP contribution in [-0.2, 0) is 14.3 Å². The van der Waals surface area contributed by atoms with Crippen LogP contribution in [0.15, 0.2) is 23.8 Å². The van der Waals surface area contributed by atoms with Crippen molar-refractivity contribution >= 4 is 11.8 Å². The van der Waals surface area contributed by atoms with Gasteiger partial charge in [-0.25, -0.2) is 0 Å². The summed E-state index contributed by atoms with van der Waals surface area (Å²) >= 11 is 0. The van der Waals surface area contributed by atoms with Gasteiger partial charge in [-0.1, -0.05) is 6.92 Å². The van der Waals surface area contributed by atoms with Gasteiger partial charge in [0.2, 0.25) is 0 Å². The van der Waals surface area contributed by atoms with E-state index in [1.165, 1.54) is 13.0 Å². The Morgan fingerprint density at radius 2 is 2.04 bits per heavy atom. The molecular weight excluding hydrogens is 304 g/mol. The number of ether oxygens (including phenoxy) is 1. The minimum absolute atomic E-state index is 0.00967. The molecule has 0 saturated heterocycles. The van der Waals surface area contributed by atoms with E-state index in [1.54, 1.807) is 12.2 Å². The van der Waals surface area contributed by atoms with Crippen LogP contribution in [0.4, 0.5) is 0 Å². The number of carbonyl (C=O) groups is 2. The van der Waals surface area contributed by atoms with E-state index >= 15 is 0 Å². The number of aliphatic hydroxyl groups is 1. The molecule has 3 fully saturated rings. The van der Waals surface area contributed by atoms with Gasteiger partial charge in [-0.15, -0.1) is 0 Å². The van der Waals surface area contributed by atoms with E-state index < -0.39 is 5.60 Å². The average Bonchev–Trinajstić information content (AvgIpc) is 2.84. The second-order valence-corrected chi connectivity index (χ2v) is 8.37. The van der Waals surface area contributed by atoms with E-state index in [-0.39, 0.29) is 29.2 Å². The number of carbonyl (C=O) groups excluding carboxylic acids is 2. The van der Waals surface area contributed by atoms with Crippen molar-refractivity contribution in [2.24, 2.45) is 23.2 Å². The summed E-state index contributed by atoms with van der Waals surface area (Å²) in [5.41, 5.74) is -0.0228. The Labute approximate surface area is 143 Å². The van der Waals surface area contributed by atoms with Crippen LogP contribution in [0.2, 0.25) is 0 Å². The van der Waals surface area contributed by atoms with E-state index in [0.717, 1.165) is 44.1 Å². The SMILES string of the molecule is CC(=O)OC1CC[C@H]2[C@@H]3CCC4=CC(=O)C=C[C@]4(O)[C@H]3CC[C@]12C. The lowest BCUT2D eigenvalue weighted by Crippen LogP contribution is -2.54. The second kappa shape index (κ2) is 5.29. The standard InChI is InChI=1S/C20H26O4/c1-12(21)24-18-6-5-16-15-4-3-13-11-14(22)7-10-20(13,23)17(15)8-9-19(16,18)2/h7,10-11,15-18,23H,3-6,8-9H2,1-2H3/t15-,16-,17-,18?,19-,20+/m0/s1. The average molecular weight is 330 g/mol. The molecule has 130 valence electrons. The van der Waals surface area contributed by atoms with Gasteiger partial charge < -0.3 is 9.84 Å². The first kappa shape index (κ1) is 16.1. The Kier molecular flexibility index (Phi) is 3.54. The molecule has 4 rings (SSSR count). The van der Waals surface area contributed by atoms with Crippen molar-refractivity contribution in [1.82, 2.24) is 0 Å². The van der Waals surface area contributed by atoms with Crippen LogP contribution in [0, 0.1) is 23.2 Å². The van der Waals surface area contributed by atoms with Gasteiger partial charge in [0.1, 0.15) is 11.7 Å². The largest absolute Gasteiger partial charge is 0.462 e. The van der Waals surface area contributed by atoms with Gasteiger partial charge in [-0.05, 0) is 80.1 Å². The fraction of sp³-hybridized carbons (Fsp3) is 0.700. The zero-order valence-electron chi connectivity index (χ0n) is 14.5. The van der Waals surface area contributed by atoms with Gasteiger partial charge in [0, 0.05) is 12.3 Å². The van der Waals surface area contributed by atoms with Crippen LogP contribution >= 0.6 is 0 Å². The summed E-state index contributed by atoms with van der Waals surface area (Å²) in [7, 11) is 0. The van der Waals surface area contributed by atoms with Crippen molar-refractivity contribution in [3.05, 3.63) is 23.8 Å². The lowest BCUT2D eigenvalue weighted by molar-refractivity contribution is -0.158. The fourth-order valence-corrected chi connectivity index (χ4v) is 6.19. The van der Waals surface area contributed by atoms with Crippen molar-refractivity contribution in [2.45, 2.75) is 64.1 Å². The Morgan fingerprint density at radius 1 is 1.25 bits per heavy atom. The van der Waals surface area contributed by atoms with Crippen LogP contribution in [0.3, 0.4) is 0 Å². The molecule has 0 amide bonds. The normalized spacial score (nSPS) is 46.6. The molecule has 4 nitrogen and oxygen atoms in total. The van der Waals surface area contributed by atoms with E-state index in [1.807, 2.05) is 0 Å². The highest BCUT2D eigenvalue weighted by Crippen LogP contribution is 2.62. The molecule has 0 aliphatic heterocycles. The lowest BCUT2D eigenvalue weighted by atomic mass is 9.51. The first-order valence-electron chi connectivity index (χ1n) is 9.18. The Hall–Kier alpha value is -1.42. The summed E-state index contributed by atoms with van der Waals surface area (Å²) in [5, 5.41) is 11.3. The van der Waals surface area contributed by atoms with Crippen molar-refractivity contribution < 1.29 is 19.4 Å². The number of esters is 1. The molecule has 0 bridgehead atoms. The van der Waals surface area contributed by atoms with Crippen LogP contribution in [0.25, 0.3) is 0 Å². The van der Waals surface area contributed by atoms with Crippen LogP contribution in [-0.4, -0.2) is 28.6 Å². The van der Waals surface area contributed by atoms with Gasteiger partial charge in [0.25, 0.3) is 0 Å². The number of ketones is 1. The van der Waals surface area contributed by atoms with E-state index in [9.17, 15) is 14.7 Å². The smallest absolute Gasteiger partial charge is 0.302 e. The van der Waals surface area contributed by atoms with Crippen molar-refractivity contribution in [3.63, 3.8) is 0 Å². The predicted octanol–water partition coefficient (Wildman–Crippen LogP) is 2.95. The summed E-state index contributed by atoms with van der Waals surface area (Å²) in [6, 6.07) is 0. The number of allylic oxidation sites excluding steroid dienone is 2. The maximum Gasteiger partial charge on any atom is 0.302 e. The molecule has 24 heavy (non-hydrogen) atoms. The number of hydrogen-bond donors (Lipinski definition) is 1. The van der Waals surface area contributed by atoms with Gasteiger partial charge in [0.15, 0.2) is 5.78 Å². The molecule has 0 aromatic rings. The summed E-state index contributed by atoms with van der Waals surface area (Å²) in [6.45, 7) is 3.76. The molecule has 4 heteroatoms. The summed E-state index contributed by atoms with van der Waals surface area (Å²) in [5.74, 6) is 0.896.